The van der Waals surface area contributed by atoms with E-state index in [0.29, 0.717) is 6.54 Å². The smallest absolute Gasteiger partial charge is 0.236 e. The zero-order chi connectivity index (χ0) is 20.6. The van der Waals surface area contributed by atoms with Crippen molar-refractivity contribution in [3.05, 3.63) is 36.0 Å². The number of piperidine rings is 1. The summed E-state index contributed by atoms with van der Waals surface area (Å²) in [5.74, 6) is 1.07. The Balaban J connectivity index is 1.19. The van der Waals surface area contributed by atoms with Crippen molar-refractivity contribution in [2.45, 2.75) is 56.8 Å². The second-order valence-electron chi connectivity index (χ2n) is 9.84. The van der Waals surface area contributed by atoms with Crippen molar-refractivity contribution < 1.29 is 4.79 Å². The summed E-state index contributed by atoms with van der Waals surface area (Å²) in [5, 5.41) is 6.51. The average Bonchev–Trinajstić information content (AvgIpc) is 3.15. The summed E-state index contributed by atoms with van der Waals surface area (Å²) < 4.78 is 0. The van der Waals surface area contributed by atoms with Crippen LogP contribution in [0.1, 0.15) is 56.9 Å². The van der Waals surface area contributed by atoms with Crippen molar-refractivity contribution in [1.29, 1.82) is 0 Å². The number of hydrogen-bond donors (Lipinski definition) is 2. The lowest BCUT2D eigenvalue weighted by molar-refractivity contribution is -0.126. The highest BCUT2D eigenvalue weighted by atomic mass is 16.2. The minimum Gasteiger partial charge on any atom is -0.383 e. The van der Waals surface area contributed by atoms with Crippen LogP contribution in [0.5, 0.6) is 0 Å². The van der Waals surface area contributed by atoms with Gasteiger partial charge >= 0.3 is 0 Å². The second-order valence-corrected chi connectivity index (χ2v) is 9.84. The molecule has 0 radical (unpaired) electrons. The average molecular weight is 409 g/mol. The molecule has 1 aliphatic carbocycles. The molecule has 1 aromatic rings. The van der Waals surface area contributed by atoms with Gasteiger partial charge in [-0.15, -0.1) is 0 Å². The van der Waals surface area contributed by atoms with E-state index < -0.39 is 5.41 Å². The predicted molar refractivity (Wildman–Crippen MR) is 123 cm³/mol. The van der Waals surface area contributed by atoms with Gasteiger partial charge in [0.15, 0.2) is 0 Å². The number of piperazine rings is 1. The number of fused-ring (bicyclic) bond motifs is 2. The fraction of sp³-hybridized carbons (Fsp3) is 0.640. The van der Waals surface area contributed by atoms with E-state index in [2.05, 4.69) is 45.2 Å². The number of nitrogens with zero attached hydrogens (tertiary/aromatic N) is 2. The number of hydrogen-bond acceptors (Lipinski definition) is 4. The van der Waals surface area contributed by atoms with E-state index in [-0.39, 0.29) is 5.91 Å². The monoisotopic (exact) mass is 408 g/mol. The van der Waals surface area contributed by atoms with Crippen LogP contribution in [-0.2, 0) is 10.2 Å². The standard InChI is InChI=1S/C25H36N4O/c1-19-9-11-25(24(30)27-19)18-26-23-17-21(7-8-22(23)25)29-15-13-28(14-16-29)12-10-20-5-3-2-4-6-20/h7-8,17,20,26H,1-6,9-16,18H2,(H,27,30). The molecule has 2 N–H and O–H groups in total. The zero-order valence-electron chi connectivity index (χ0n) is 18.2. The van der Waals surface area contributed by atoms with Gasteiger partial charge in [0.1, 0.15) is 0 Å². The Kier molecular flexibility index (Phi) is 5.48. The summed E-state index contributed by atoms with van der Waals surface area (Å²) >= 11 is 0. The van der Waals surface area contributed by atoms with E-state index in [9.17, 15) is 4.79 Å². The minimum absolute atomic E-state index is 0.101. The first-order chi connectivity index (χ1) is 14.6. The van der Waals surface area contributed by atoms with E-state index in [1.165, 1.54) is 50.8 Å². The third-order valence-corrected chi connectivity index (χ3v) is 7.99. The van der Waals surface area contributed by atoms with Gasteiger partial charge in [-0.2, -0.15) is 0 Å². The summed E-state index contributed by atoms with van der Waals surface area (Å²) in [4.78, 5) is 17.9. The van der Waals surface area contributed by atoms with Crippen LogP contribution in [0.2, 0.25) is 0 Å². The Morgan fingerprint density at radius 3 is 2.67 bits per heavy atom. The van der Waals surface area contributed by atoms with Gasteiger partial charge in [0.25, 0.3) is 0 Å². The SMILES string of the molecule is C=C1CCC2(CNc3cc(N4CCN(CCC5CCCCC5)CC4)ccc32)C(=O)N1. The Bertz CT molecular complexity index is 807. The quantitative estimate of drug-likeness (QED) is 0.794. The molecule has 1 unspecified atom stereocenters. The fourth-order valence-electron chi connectivity index (χ4n) is 5.95. The number of amides is 1. The second kappa shape index (κ2) is 8.26. The number of anilines is 2. The number of carbonyl (C=O) groups is 1. The van der Waals surface area contributed by atoms with E-state index in [1.807, 2.05) is 0 Å². The van der Waals surface area contributed by atoms with Crippen LogP contribution in [0.15, 0.2) is 30.5 Å². The summed E-state index contributed by atoms with van der Waals surface area (Å²) in [6, 6.07) is 6.67. The van der Waals surface area contributed by atoms with Gasteiger partial charge < -0.3 is 15.5 Å². The molecule has 3 aliphatic heterocycles. The maximum absolute atomic E-state index is 12.8. The van der Waals surface area contributed by atoms with Crippen LogP contribution < -0.4 is 15.5 Å². The molecule has 4 aliphatic rings. The van der Waals surface area contributed by atoms with Crippen molar-refractivity contribution in [2.24, 2.45) is 5.92 Å². The van der Waals surface area contributed by atoms with Gasteiger partial charge in [0.05, 0.1) is 5.41 Å². The highest BCUT2D eigenvalue weighted by molar-refractivity contribution is 5.95. The minimum atomic E-state index is -0.424. The number of benzene rings is 1. The van der Waals surface area contributed by atoms with Crippen LogP contribution >= 0.6 is 0 Å². The van der Waals surface area contributed by atoms with Crippen molar-refractivity contribution in [3.8, 4) is 0 Å². The van der Waals surface area contributed by atoms with Crippen LogP contribution in [0.4, 0.5) is 11.4 Å². The van der Waals surface area contributed by atoms with E-state index >= 15 is 0 Å². The molecule has 1 spiro atoms. The Labute approximate surface area is 180 Å². The lowest BCUT2D eigenvalue weighted by atomic mass is 9.75. The number of carbonyl (C=O) groups excluding carboxylic acids is 1. The van der Waals surface area contributed by atoms with Gasteiger partial charge in [0.2, 0.25) is 5.91 Å². The topological polar surface area (TPSA) is 47.6 Å². The molecule has 3 fully saturated rings. The van der Waals surface area contributed by atoms with Crippen LogP contribution in [0.25, 0.3) is 0 Å². The van der Waals surface area contributed by atoms with Crippen LogP contribution in [-0.4, -0.2) is 50.1 Å². The molecule has 5 nitrogen and oxygen atoms in total. The summed E-state index contributed by atoms with van der Waals surface area (Å²) in [7, 11) is 0. The molecule has 0 bridgehead atoms. The summed E-state index contributed by atoms with van der Waals surface area (Å²) in [6.07, 6.45) is 10.3. The van der Waals surface area contributed by atoms with Gasteiger partial charge in [-0.1, -0.05) is 44.7 Å². The molecule has 1 atom stereocenters. The Morgan fingerprint density at radius 1 is 1.10 bits per heavy atom. The first-order valence-corrected chi connectivity index (χ1v) is 12.0. The Hall–Kier alpha value is -2.01. The highest BCUT2D eigenvalue weighted by Crippen LogP contribution is 2.44. The number of allylic oxidation sites excluding steroid dienone is 1. The largest absolute Gasteiger partial charge is 0.383 e. The number of nitrogens with one attached hydrogen (secondary N) is 2. The molecule has 5 heteroatoms. The summed E-state index contributed by atoms with van der Waals surface area (Å²) in [5.41, 5.74) is 3.99. The Morgan fingerprint density at radius 2 is 1.90 bits per heavy atom. The van der Waals surface area contributed by atoms with Crippen LogP contribution in [0, 0.1) is 5.92 Å². The first-order valence-electron chi connectivity index (χ1n) is 12.0. The molecular formula is C25H36N4O. The lowest BCUT2D eigenvalue weighted by Gasteiger charge is -2.37. The normalized spacial score (nSPS) is 27.8. The van der Waals surface area contributed by atoms with Crippen molar-refractivity contribution in [3.63, 3.8) is 0 Å². The van der Waals surface area contributed by atoms with Gasteiger partial charge in [-0.25, -0.2) is 0 Å². The molecule has 1 amide bonds. The predicted octanol–water partition coefficient (Wildman–Crippen LogP) is 3.87. The molecule has 0 aromatic heterocycles. The fourth-order valence-corrected chi connectivity index (χ4v) is 5.95. The van der Waals surface area contributed by atoms with E-state index in [1.54, 1.807) is 0 Å². The molecule has 2 saturated heterocycles. The number of rotatable bonds is 4. The maximum Gasteiger partial charge on any atom is 0.236 e. The summed E-state index contributed by atoms with van der Waals surface area (Å²) in [6.45, 7) is 10.4. The van der Waals surface area contributed by atoms with Crippen LogP contribution in [0.3, 0.4) is 0 Å². The lowest BCUT2D eigenvalue weighted by Crippen LogP contribution is -2.49. The highest BCUT2D eigenvalue weighted by Gasteiger charge is 2.47. The molecule has 1 saturated carbocycles. The first kappa shape index (κ1) is 19.9. The van der Waals surface area contributed by atoms with Crippen molar-refractivity contribution in [2.75, 3.05) is 49.5 Å². The maximum atomic E-state index is 12.8. The van der Waals surface area contributed by atoms with Crippen molar-refractivity contribution in [1.82, 2.24) is 10.2 Å². The third kappa shape index (κ3) is 3.73. The van der Waals surface area contributed by atoms with Gasteiger partial charge in [0, 0.05) is 49.8 Å². The zero-order valence-corrected chi connectivity index (χ0v) is 18.2. The molecule has 3 heterocycles. The molecular weight excluding hydrogens is 372 g/mol. The molecule has 1 aromatic carbocycles. The molecule has 30 heavy (non-hydrogen) atoms. The molecule has 162 valence electrons. The molecule has 5 rings (SSSR count). The third-order valence-electron chi connectivity index (χ3n) is 7.99. The van der Waals surface area contributed by atoms with E-state index in [4.69, 9.17) is 0 Å². The van der Waals surface area contributed by atoms with E-state index in [0.717, 1.165) is 61.9 Å². The van der Waals surface area contributed by atoms with Crippen molar-refractivity contribution >= 4 is 17.3 Å². The van der Waals surface area contributed by atoms with Gasteiger partial charge in [-0.3, -0.25) is 9.69 Å². The van der Waals surface area contributed by atoms with Gasteiger partial charge in [-0.05, 0) is 49.4 Å².